The minimum absolute atomic E-state index is 0.0827. The van der Waals surface area contributed by atoms with Crippen LogP contribution in [0.1, 0.15) is 25.8 Å². The molecule has 1 amide bonds. The Kier molecular flexibility index (Phi) is 10.7. The van der Waals surface area contributed by atoms with Crippen molar-refractivity contribution < 1.29 is 36.6 Å². The molecular weight excluding hydrogens is 541 g/mol. The minimum atomic E-state index is -4.29. The normalized spacial score (nSPS) is 11.2. The van der Waals surface area contributed by atoms with Crippen molar-refractivity contribution in [2.24, 2.45) is 5.10 Å². The topological polar surface area (TPSA) is 116 Å². The molecule has 0 aliphatic heterocycles. The van der Waals surface area contributed by atoms with Gasteiger partial charge in [0.25, 0.3) is 15.9 Å². The molecule has 0 aromatic heterocycles. The molecule has 0 unspecified atom stereocenters. The Morgan fingerprint density at radius 1 is 0.925 bits per heavy atom. The smallest absolute Gasteiger partial charge is 0.264 e. The first-order valence-corrected chi connectivity index (χ1v) is 13.9. The third-order valence-corrected chi connectivity index (χ3v) is 7.25. The van der Waals surface area contributed by atoms with Crippen molar-refractivity contribution in [2.45, 2.75) is 25.2 Å². The van der Waals surface area contributed by atoms with Crippen LogP contribution in [0.5, 0.6) is 23.0 Å². The maximum absolute atomic E-state index is 13.6. The number of ether oxygens (including phenoxy) is 4. The lowest BCUT2D eigenvalue weighted by Gasteiger charge is -2.24. The fraction of sp³-hybridized carbons (Fsp3) is 0.286. The second-order valence-corrected chi connectivity index (χ2v) is 10.1. The zero-order valence-corrected chi connectivity index (χ0v) is 23.5. The molecule has 0 radical (unpaired) electrons. The zero-order chi connectivity index (χ0) is 29.1. The van der Waals surface area contributed by atoms with Gasteiger partial charge in [-0.25, -0.2) is 18.2 Å². The number of nitrogens with zero attached hydrogens (tertiary/aromatic N) is 2. The molecule has 0 fully saturated rings. The first kappa shape index (κ1) is 30.2. The summed E-state index contributed by atoms with van der Waals surface area (Å²) in [5.74, 6) is 0.375. The van der Waals surface area contributed by atoms with Crippen molar-refractivity contribution in [1.82, 2.24) is 5.43 Å². The van der Waals surface area contributed by atoms with Crippen LogP contribution in [0.25, 0.3) is 0 Å². The van der Waals surface area contributed by atoms with E-state index in [1.54, 1.807) is 18.2 Å². The molecule has 0 aliphatic rings. The number of nitrogens with one attached hydrogen (secondary N) is 1. The van der Waals surface area contributed by atoms with Crippen LogP contribution in [-0.2, 0) is 14.8 Å². The summed E-state index contributed by atoms with van der Waals surface area (Å²) in [6.07, 6.45) is 2.24. The standard InChI is InChI=1S/C28H32FN3O7S/c1-5-15-39-25-13-7-20(16-27(25)38-6-2)18-30-31-28(33)19-32(22-10-8-21(29)9-11-22)40(34,35)23-12-14-24(36-3)26(17-23)37-4/h7-14,16-18H,5-6,15,19H2,1-4H3,(H,31,33)/b30-18-. The number of carbonyl (C=O) groups is 1. The van der Waals surface area contributed by atoms with Crippen LogP contribution < -0.4 is 28.7 Å². The Labute approximate surface area is 233 Å². The van der Waals surface area contributed by atoms with E-state index in [-0.39, 0.29) is 16.3 Å². The molecule has 3 rings (SSSR count). The monoisotopic (exact) mass is 573 g/mol. The molecule has 0 heterocycles. The summed E-state index contributed by atoms with van der Waals surface area (Å²) in [6.45, 7) is 4.20. The number of rotatable bonds is 14. The highest BCUT2D eigenvalue weighted by Gasteiger charge is 2.28. The average molecular weight is 574 g/mol. The van der Waals surface area contributed by atoms with Gasteiger partial charge in [0.15, 0.2) is 23.0 Å². The van der Waals surface area contributed by atoms with Gasteiger partial charge in [0, 0.05) is 6.07 Å². The number of sulfonamides is 1. The molecule has 10 nitrogen and oxygen atoms in total. The van der Waals surface area contributed by atoms with E-state index in [1.807, 2.05) is 13.8 Å². The van der Waals surface area contributed by atoms with Crippen LogP contribution in [0, 0.1) is 5.82 Å². The van der Waals surface area contributed by atoms with Crippen LogP contribution in [0.4, 0.5) is 10.1 Å². The Balaban J connectivity index is 1.83. The van der Waals surface area contributed by atoms with E-state index in [2.05, 4.69) is 10.5 Å². The molecule has 3 aromatic rings. The molecule has 1 N–H and O–H groups in total. The summed E-state index contributed by atoms with van der Waals surface area (Å²) >= 11 is 0. The van der Waals surface area contributed by atoms with Gasteiger partial charge in [-0.1, -0.05) is 6.92 Å². The molecular formula is C28H32FN3O7S. The van der Waals surface area contributed by atoms with Crippen molar-refractivity contribution in [1.29, 1.82) is 0 Å². The molecule has 214 valence electrons. The van der Waals surface area contributed by atoms with Gasteiger partial charge < -0.3 is 18.9 Å². The second-order valence-electron chi connectivity index (χ2n) is 8.29. The summed E-state index contributed by atoms with van der Waals surface area (Å²) < 4.78 is 63.4. The van der Waals surface area contributed by atoms with E-state index < -0.39 is 28.3 Å². The zero-order valence-electron chi connectivity index (χ0n) is 22.7. The highest BCUT2D eigenvalue weighted by Crippen LogP contribution is 2.32. The highest BCUT2D eigenvalue weighted by molar-refractivity contribution is 7.92. The number of benzene rings is 3. The number of hydrogen-bond acceptors (Lipinski definition) is 8. The number of amides is 1. The van der Waals surface area contributed by atoms with Gasteiger partial charge >= 0.3 is 0 Å². The van der Waals surface area contributed by atoms with Crippen LogP contribution in [0.15, 0.2) is 70.7 Å². The van der Waals surface area contributed by atoms with E-state index in [0.717, 1.165) is 22.9 Å². The lowest BCUT2D eigenvalue weighted by atomic mass is 10.2. The predicted molar refractivity (Wildman–Crippen MR) is 150 cm³/mol. The molecule has 0 saturated carbocycles. The largest absolute Gasteiger partial charge is 0.493 e. The Morgan fingerprint density at radius 3 is 2.27 bits per heavy atom. The Morgan fingerprint density at radius 2 is 1.62 bits per heavy atom. The molecule has 0 bridgehead atoms. The SMILES string of the molecule is CCCOc1ccc(/C=N\NC(=O)CN(c2ccc(F)cc2)S(=O)(=O)c2ccc(OC)c(OC)c2)cc1OCC. The van der Waals surface area contributed by atoms with Gasteiger partial charge in [-0.3, -0.25) is 9.10 Å². The highest BCUT2D eigenvalue weighted by atomic mass is 32.2. The predicted octanol–water partition coefficient (Wildman–Crippen LogP) is 4.38. The minimum Gasteiger partial charge on any atom is -0.493 e. The van der Waals surface area contributed by atoms with Crippen molar-refractivity contribution >= 4 is 27.8 Å². The van der Waals surface area contributed by atoms with Gasteiger partial charge in [-0.15, -0.1) is 0 Å². The molecule has 0 aliphatic carbocycles. The average Bonchev–Trinajstić information content (AvgIpc) is 2.95. The Bertz CT molecular complexity index is 1430. The molecule has 12 heteroatoms. The third-order valence-electron chi connectivity index (χ3n) is 5.48. The van der Waals surface area contributed by atoms with Gasteiger partial charge in [0.1, 0.15) is 12.4 Å². The molecule has 0 atom stereocenters. The fourth-order valence-electron chi connectivity index (χ4n) is 3.58. The number of hydrogen-bond donors (Lipinski definition) is 1. The third kappa shape index (κ3) is 7.63. The second kappa shape index (κ2) is 14.2. The van der Waals surface area contributed by atoms with E-state index >= 15 is 0 Å². The molecule has 3 aromatic carbocycles. The van der Waals surface area contributed by atoms with Crippen molar-refractivity contribution in [3.05, 3.63) is 72.0 Å². The first-order chi connectivity index (χ1) is 19.2. The van der Waals surface area contributed by atoms with Crippen LogP contribution in [0.3, 0.4) is 0 Å². The maximum atomic E-state index is 13.6. The van der Waals surface area contributed by atoms with Gasteiger partial charge in [0.2, 0.25) is 0 Å². The number of methoxy groups -OCH3 is 2. The number of anilines is 1. The number of hydrazone groups is 1. The summed E-state index contributed by atoms with van der Waals surface area (Å²) in [4.78, 5) is 12.7. The molecule has 0 saturated heterocycles. The Hall–Kier alpha value is -4.32. The fourth-order valence-corrected chi connectivity index (χ4v) is 5.01. The molecule has 40 heavy (non-hydrogen) atoms. The summed E-state index contributed by atoms with van der Waals surface area (Å²) in [7, 11) is -1.49. The quantitative estimate of drug-likeness (QED) is 0.225. The lowest BCUT2D eigenvalue weighted by Crippen LogP contribution is -2.39. The van der Waals surface area contributed by atoms with Crippen LogP contribution >= 0.6 is 0 Å². The van der Waals surface area contributed by atoms with Crippen molar-refractivity contribution in [2.75, 3.05) is 38.3 Å². The number of halogens is 1. The van der Waals surface area contributed by atoms with E-state index in [0.29, 0.717) is 36.0 Å². The van der Waals surface area contributed by atoms with E-state index in [4.69, 9.17) is 18.9 Å². The van der Waals surface area contributed by atoms with Crippen molar-refractivity contribution in [3.8, 4) is 23.0 Å². The van der Waals surface area contributed by atoms with Crippen LogP contribution in [0.2, 0.25) is 0 Å². The van der Waals surface area contributed by atoms with Crippen LogP contribution in [-0.4, -0.2) is 54.5 Å². The van der Waals surface area contributed by atoms with Gasteiger partial charge in [-0.05, 0) is 73.5 Å². The summed E-state index contributed by atoms with van der Waals surface area (Å²) in [6, 6.07) is 14.0. The maximum Gasteiger partial charge on any atom is 0.264 e. The molecule has 0 spiro atoms. The summed E-state index contributed by atoms with van der Waals surface area (Å²) in [5, 5.41) is 3.96. The van der Waals surface area contributed by atoms with Gasteiger partial charge in [0.05, 0.1) is 44.2 Å². The van der Waals surface area contributed by atoms with E-state index in [1.165, 1.54) is 50.8 Å². The van der Waals surface area contributed by atoms with Gasteiger partial charge in [-0.2, -0.15) is 5.10 Å². The number of carbonyl (C=O) groups excluding carboxylic acids is 1. The summed E-state index contributed by atoms with van der Waals surface area (Å²) in [5.41, 5.74) is 3.05. The van der Waals surface area contributed by atoms with E-state index in [9.17, 15) is 17.6 Å². The van der Waals surface area contributed by atoms with Crippen molar-refractivity contribution in [3.63, 3.8) is 0 Å². The first-order valence-electron chi connectivity index (χ1n) is 12.4. The lowest BCUT2D eigenvalue weighted by molar-refractivity contribution is -0.119.